The molecule has 0 atom stereocenters. The summed E-state index contributed by atoms with van der Waals surface area (Å²) in [5, 5.41) is 17.8. The Morgan fingerprint density at radius 2 is 1.47 bits per heavy atom. The second-order valence-electron chi connectivity index (χ2n) is 9.43. The second-order valence-corrected chi connectivity index (χ2v) is 9.87. The van der Waals surface area contributed by atoms with E-state index in [4.69, 9.17) is 30.5 Å². The summed E-state index contributed by atoms with van der Waals surface area (Å²) < 4.78 is 21.3. The molecular formula is C33H27ClN4O9. The number of benzene rings is 4. The third-order valence-corrected chi connectivity index (χ3v) is 6.63. The van der Waals surface area contributed by atoms with Crippen LogP contribution in [0, 0.1) is 10.1 Å². The molecule has 0 saturated heterocycles. The molecule has 2 amide bonds. The molecule has 0 aliphatic heterocycles. The summed E-state index contributed by atoms with van der Waals surface area (Å²) in [6, 6.07) is 19.2. The molecule has 0 bridgehead atoms. The number of hydrogen-bond donors (Lipinski definition) is 2. The van der Waals surface area contributed by atoms with Crippen molar-refractivity contribution < 1.29 is 38.3 Å². The molecule has 0 saturated carbocycles. The molecule has 0 radical (unpaired) electrons. The van der Waals surface area contributed by atoms with E-state index < -0.39 is 22.7 Å². The molecule has 4 aromatic carbocycles. The molecule has 0 unspecified atom stereocenters. The Bertz CT molecular complexity index is 1830. The minimum atomic E-state index is -0.721. The highest BCUT2D eigenvalue weighted by Gasteiger charge is 2.17. The summed E-state index contributed by atoms with van der Waals surface area (Å²) in [4.78, 5) is 48.3. The molecule has 0 spiro atoms. The average molecular weight is 659 g/mol. The summed E-state index contributed by atoms with van der Waals surface area (Å²) in [5.41, 5.74) is 4.12. The predicted octanol–water partition coefficient (Wildman–Crippen LogP) is 5.91. The van der Waals surface area contributed by atoms with Gasteiger partial charge in [-0.25, -0.2) is 10.2 Å². The van der Waals surface area contributed by atoms with Crippen molar-refractivity contribution in [1.82, 2.24) is 5.43 Å². The summed E-state index contributed by atoms with van der Waals surface area (Å²) in [6.45, 7) is 0. The van der Waals surface area contributed by atoms with Crippen LogP contribution in [0.15, 0.2) is 90.0 Å². The molecule has 4 aromatic rings. The largest absolute Gasteiger partial charge is 0.493 e. The van der Waals surface area contributed by atoms with E-state index in [0.717, 1.165) is 6.08 Å². The number of anilines is 1. The number of nitrogens with zero attached hydrogens (tertiary/aromatic N) is 2. The fourth-order valence-electron chi connectivity index (χ4n) is 4.07. The Kier molecular flexibility index (Phi) is 11.2. The van der Waals surface area contributed by atoms with Gasteiger partial charge in [-0.1, -0.05) is 11.6 Å². The number of halogens is 1. The number of nitrogens with one attached hydrogen (secondary N) is 2. The Hall–Kier alpha value is -6.21. The van der Waals surface area contributed by atoms with Crippen molar-refractivity contribution in [3.63, 3.8) is 0 Å². The van der Waals surface area contributed by atoms with Crippen molar-refractivity contribution >= 4 is 53.0 Å². The van der Waals surface area contributed by atoms with E-state index in [0.29, 0.717) is 39.1 Å². The Labute approximate surface area is 273 Å². The van der Waals surface area contributed by atoms with Gasteiger partial charge in [0.25, 0.3) is 17.5 Å². The lowest BCUT2D eigenvalue weighted by atomic mass is 10.1. The number of carbonyl (C=O) groups excluding carboxylic acids is 3. The minimum Gasteiger partial charge on any atom is -0.493 e. The van der Waals surface area contributed by atoms with E-state index in [2.05, 4.69) is 15.8 Å². The molecule has 47 heavy (non-hydrogen) atoms. The quantitative estimate of drug-likeness (QED) is 0.0469. The van der Waals surface area contributed by atoms with Crippen molar-refractivity contribution in [2.24, 2.45) is 5.10 Å². The number of methoxy groups -OCH3 is 3. The van der Waals surface area contributed by atoms with Crippen LogP contribution in [-0.4, -0.2) is 50.3 Å². The predicted molar refractivity (Wildman–Crippen MR) is 175 cm³/mol. The molecule has 2 N–H and O–H groups in total. The number of rotatable bonds is 12. The number of nitro benzene ring substituents is 1. The number of hydrogen-bond acceptors (Lipinski definition) is 10. The van der Waals surface area contributed by atoms with E-state index in [1.807, 2.05) is 0 Å². The zero-order valence-electron chi connectivity index (χ0n) is 25.2. The van der Waals surface area contributed by atoms with Gasteiger partial charge in [-0.2, -0.15) is 5.10 Å². The first-order valence-corrected chi connectivity index (χ1v) is 14.0. The normalized spacial score (nSPS) is 10.8. The maximum Gasteiger partial charge on any atom is 0.336 e. The van der Waals surface area contributed by atoms with Crippen LogP contribution in [0.2, 0.25) is 5.02 Å². The Morgan fingerprint density at radius 3 is 2.06 bits per heavy atom. The average Bonchev–Trinajstić information content (AvgIpc) is 3.08. The van der Waals surface area contributed by atoms with Gasteiger partial charge in [0, 0.05) is 45.6 Å². The molecule has 240 valence electrons. The maximum atomic E-state index is 12.9. The van der Waals surface area contributed by atoms with Gasteiger partial charge in [0.15, 0.2) is 11.5 Å². The first-order valence-electron chi connectivity index (χ1n) is 13.6. The first-order chi connectivity index (χ1) is 22.6. The van der Waals surface area contributed by atoms with Crippen LogP contribution in [0.5, 0.6) is 23.0 Å². The van der Waals surface area contributed by atoms with E-state index in [9.17, 15) is 24.5 Å². The van der Waals surface area contributed by atoms with Gasteiger partial charge < -0.3 is 24.3 Å². The van der Waals surface area contributed by atoms with Crippen molar-refractivity contribution in [2.45, 2.75) is 0 Å². The molecular weight excluding hydrogens is 632 g/mol. The lowest BCUT2D eigenvalue weighted by Crippen LogP contribution is -2.18. The van der Waals surface area contributed by atoms with E-state index in [1.165, 1.54) is 100 Å². The lowest BCUT2D eigenvalue weighted by molar-refractivity contribution is -0.384. The van der Waals surface area contributed by atoms with Crippen LogP contribution in [0.1, 0.15) is 31.8 Å². The highest BCUT2D eigenvalue weighted by Crippen LogP contribution is 2.38. The Morgan fingerprint density at radius 1 is 0.809 bits per heavy atom. The summed E-state index contributed by atoms with van der Waals surface area (Å²) >= 11 is 6.10. The topological polar surface area (TPSA) is 168 Å². The summed E-state index contributed by atoms with van der Waals surface area (Å²) in [6.07, 6.45) is 3.87. The van der Waals surface area contributed by atoms with Crippen LogP contribution in [0.3, 0.4) is 0 Å². The number of non-ortho nitro benzene ring substituents is 1. The van der Waals surface area contributed by atoms with Crippen LogP contribution in [0.25, 0.3) is 6.08 Å². The van der Waals surface area contributed by atoms with E-state index >= 15 is 0 Å². The van der Waals surface area contributed by atoms with Crippen LogP contribution in [0.4, 0.5) is 11.4 Å². The SMILES string of the molecule is COc1cc(C(=O)Nc2ccc(C(=O)N/N=C/c3cc(Cl)ccc3OC(=O)/C=C/c3ccc([N+](=O)[O-])cc3)cc2)cc(OC)c1OC. The standard InChI is InChI=1S/C33H27ClN4O9/c1-44-28-17-22(18-29(45-2)31(28)46-3)32(40)36-25-10-7-21(8-11-25)33(41)37-35-19-23-16-24(34)9-14-27(23)47-30(39)15-6-20-4-12-26(13-5-20)38(42)43/h4-19H,1-3H3,(H,36,40)(H,37,41)/b15-6+,35-19+. The van der Waals surface area contributed by atoms with Crippen molar-refractivity contribution in [1.29, 1.82) is 0 Å². The van der Waals surface area contributed by atoms with E-state index in [1.54, 1.807) is 12.1 Å². The number of hydrazone groups is 1. The van der Waals surface area contributed by atoms with Gasteiger partial charge in [0.1, 0.15) is 5.75 Å². The van der Waals surface area contributed by atoms with Crippen molar-refractivity contribution in [2.75, 3.05) is 26.6 Å². The third kappa shape index (κ3) is 8.93. The molecule has 0 heterocycles. The highest BCUT2D eigenvalue weighted by atomic mass is 35.5. The first kappa shape index (κ1) is 33.7. The molecule has 0 aliphatic rings. The highest BCUT2D eigenvalue weighted by molar-refractivity contribution is 6.31. The Balaban J connectivity index is 1.37. The minimum absolute atomic E-state index is 0.0727. The van der Waals surface area contributed by atoms with Crippen LogP contribution < -0.4 is 29.7 Å². The number of amides is 2. The van der Waals surface area contributed by atoms with Gasteiger partial charge in [0.05, 0.1) is 32.5 Å². The van der Waals surface area contributed by atoms with Gasteiger partial charge >= 0.3 is 5.97 Å². The van der Waals surface area contributed by atoms with E-state index in [-0.39, 0.29) is 22.6 Å². The van der Waals surface area contributed by atoms with Crippen molar-refractivity contribution in [3.8, 4) is 23.0 Å². The zero-order chi connectivity index (χ0) is 33.9. The fourth-order valence-corrected chi connectivity index (χ4v) is 4.25. The number of esters is 1. The number of carbonyl (C=O) groups is 3. The molecule has 13 nitrogen and oxygen atoms in total. The molecule has 0 fully saturated rings. The van der Waals surface area contributed by atoms with Gasteiger partial charge in [-0.05, 0) is 78.4 Å². The second kappa shape index (κ2) is 15.7. The third-order valence-electron chi connectivity index (χ3n) is 6.40. The monoisotopic (exact) mass is 658 g/mol. The molecule has 0 aromatic heterocycles. The maximum absolute atomic E-state index is 12.9. The summed E-state index contributed by atoms with van der Waals surface area (Å²) in [5.74, 6) is -0.583. The molecule has 0 aliphatic carbocycles. The van der Waals surface area contributed by atoms with Gasteiger partial charge in [0.2, 0.25) is 5.75 Å². The number of ether oxygens (including phenoxy) is 4. The zero-order valence-corrected chi connectivity index (χ0v) is 25.9. The molecule has 14 heteroatoms. The van der Waals surface area contributed by atoms with Gasteiger partial charge in [-0.15, -0.1) is 0 Å². The van der Waals surface area contributed by atoms with Crippen LogP contribution >= 0.6 is 11.6 Å². The summed E-state index contributed by atoms with van der Waals surface area (Å²) in [7, 11) is 4.35. The smallest absolute Gasteiger partial charge is 0.336 e. The van der Waals surface area contributed by atoms with Crippen LogP contribution in [-0.2, 0) is 4.79 Å². The van der Waals surface area contributed by atoms with Crippen molar-refractivity contribution in [3.05, 3.63) is 122 Å². The van der Waals surface area contributed by atoms with Gasteiger partial charge in [-0.3, -0.25) is 19.7 Å². The molecule has 4 rings (SSSR count). The fraction of sp³-hybridized carbons (Fsp3) is 0.0909. The number of nitro groups is 1. The lowest BCUT2D eigenvalue weighted by Gasteiger charge is -2.14.